The molecule has 2 aromatic rings. The highest BCUT2D eigenvalue weighted by Gasteiger charge is 2.04. The Morgan fingerprint density at radius 1 is 1.31 bits per heavy atom. The molecule has 0 amide bonds. The van der Waals surface area contributed by atoms with Gasteiger partial charge in [-0.2, -0.15) is 0 Å². The Bertz CT molecular complexity index is 454. The van der Waals surface area contributed by atoms with Crippen molar-refractivity contribution < 1.29 is 9.52 Å². The Labute approximate surface area is 103 Å². The highest BCUT2D eigenvalue weighted by atomic mass is 35.5. The number of furan rings is 1. The third-order valence-electron chi connectivity index (χ3n) is 2.13. The molecule has 0 saturated heterocycles. The van der Waals surface area contributed by atoms with Crippen LogP contribution in [-0.2, 0) is 12.4 Å². The molecule has 84 valence electrons. The number of benzene rings is 1. The van der Waals surface area contributed by atoms with Crippen LogP contribution >= 0.6 is 23.4 Å². The predicted molar refractivity (Wildman–Crippen MR) is 65.6 cm³/mol. The van der Waals surface area contributed by atoms with Crippen molar-refractivity contribution in [2.24, 2.45) is 0 Å². The van der Waals surface area contributed by atoms with Gasteiger partial charge in [0.05, 0.1) is 23.6 Å². The van der Waals surface area contributed by atoms with Gasteiger partial charge in [-0.15, -0.1) is 11.8 Å². The van der Waals surface area contributed by atoms with E-state index in [2.05, 4.69) is 0 Å². The van der Waals surface area contributed by atoms with Gasteiger partial charge in [0.25, 0.3) is 0 Å². The summed E-state index contributed by atoms with van der Waals surface area (Å²) in [4.78, 5) is 0.996. The van der Waals surface area contributed by atoms with Crippen LogP contribution in [0.25, 0.3) is 0 Å². The molecule has 0 fully saturated rings. The second-order valence-corrected chi connectivity index (χ2v) is 4.72. The molecule has 0 aliphatic rings. The molecule has 1 aromatic carbocycles. The monoisotopic (exact) mass is 254 g/mol. The number of aliphatic hydroxyl groups excluding tert-OH is 1. The third-order valence-corrected chi connectivity index (χ3v) is 3.65. The number of thioether (sulfide) groups is 1. The summed E-state index contributed by atoms with van der Waals surface area (Å²) in [5, 5.41) is 9.62. The van der Waals surface area contributed by atoms with E-state index in [-0.39, 0.29) is 6.61 Å². The van der Waals surface area contributed by atoms with Crippen molar-refractivity contribution in [3.05, 3.63) is 52.9 Å². The van der Waals surface area contributed by atoms with E-state index in [9.17, 15) is 0 Å². The van der Waals surface area contributed by atoms with Gasteiger partial charge >= 0.3 is 0 Å². The Morgan fingerprint density at radius 2 is 2.19 bits per heavy atom. The second-order valence-electron chi connectivity index (χ2n) is 3.29. The van der Waals surface area contributed by atoms with Crippen molar-refractivity contribution in [3.63, 3.8) is 0 Å². The molecule has 1 heterocycles. The zero-order valence-electron chi connectivity index (χ0n) is 8.52. The summed E-state index contributed by atoms with van der Waals surface area (Å²) >= 11 is 7.70. The average molecular weight is 255 g/mol. The molecule has 0 atom stereocenters. The molecule has 0 spiro atoms. The van der Waals surface area contributed by atoms with E-state index in [1.54, 1.807) is 24.1 Å². The third kappa shape index (κ3) is 2.82. The highest BCUT2D eigenvalue weighted by Crippen LogP contribution is 2.30. The van der Waals surface area contributed by atoms with Crippen molar-refractivity contribution in [3.8, 4) is 0 Å². The van der Waals surface area contributed by atoms with Crippen LogP contribution in [0, 0.1) is 0 Å². The first-order valence-corrected chi connectivity index (χ1v) is 6.20. The maximum Gasteiger partial charge on any atom is 0.113 e. The van der Waals surface area contributed by atoms with Crippen molar-refractivity contribution in [1.82, 2.24) is 0 Å². The largest absolute Gasteiger partial charge is 0.468 e. The molecule has 0 unspecified atom stereocenters. The zero-order valence-corrected chi connectivity index (χ0v) is 10.1. The number of halogens is 1. The van der Waals surface area contributed by atoms with Crippen molar-refractivity contribution in [2.75, 3.05) is 0 Å². The first-order chi connectivity index (χ1) is 7.79. The van der Waals surface area contributed by atoms with Gasteiger partial charge in [-0.1, -0.05) is 17.7 Å². The van der Waals surface area contributed by atoms with E-state index in [0.717, 1.165) is 22.0 Å². The lowest BCUT2D eigenvalue weighted by Crippen LogP contribution is -1.84. The summed E-state index contributed by atoms with van der Waals surface area (Å²) in [7, 11) is 0. The van der Waals surface area contributed by atoms with Gasteiger partial charge in [0.2, 0.25) is 0 Å². The molecule has 2 nitrogen and oxygen atoms in total. The summed E-state index contributed by atoms with van der Waals surface area (Å²) in [6.45, 7) is 0.0167. The molecule has 1 N–H and O–H groups in total. The quantitative estimate of drug-likeness (QED) is 0.845. The lowest BCUT2D eigenvalue weighted by atomic mass is 10.2. The summed E-state index contributed by atoms with van der Waals surface area (Å²) in [6.07, 6.45) is 1.66. The van der Waals surface area contributed by atoms with Gasteiger partial charge in [0, 0.05) is 4.90 Å². The molecular formula is C12H11ClO2S. The number of aliphatic hydroxyl groups is 1. The van der Waals surface area contributed by atoms with E-state index < -0.39 is 0 Å². The zero-order chi connectivity index (χ0) is 11.4. The fraction of sp³-hybridized carbons (Fsp3) is 0.167. The molecule has 0 aliphatic heterocycles. The van der Waals surface area contributed by atoms with Crippen LogP contribution < -0.4 is 0 Å². The Hall–Kier alpha value is -0.900. The van der Waals surface area contributed by atoms with Crippen molar-refractivity contribution in [2.45, 2.75) is 17.3 Å². The van der Waals surface area contributed by atoms with Gasteiger partial charge in [-0.05, 0) is 29.8 Å². The topological polar surface area (TPSA) is 33.4 Å². The summed E-state index contributed by atoms with van der Waals surface area (Å²) in [6, 6.07) is 9.37. The maximum absolute atomic E-state index is 8.95. The van der Waals surface area contributed by atoms with E-state index >= 15 is 0 Å². The summed E-state index contributed by atoms with van der Waals surface area (Å²) in [5.41, 5.74) is 0.826. The SMILES string of the molecule is OCc1ccc(SCc2ccco2)c(Cl)c1. The first kappa shape index (κ1) is 11.6. The van der Waals surface area contributed by atoms with Crippen LogP contribution in [0.1, 0.15) is 11.3 Å². The Balaban J connectivity index is 2.04. The molecule has 2 rings (SSSR count). The van der Waals surface area contributed by atoms with Crippen LogP contribution in [0.15, 0.2) is 45.9 Å². The van der Waals surface area contributed by atoms with E-state index in [4.69, 9.17) is 21.1 Å². The van der Waals surface area contributed by atoms with Gasteiger partial charge in [-0.3, -0.25) is 0 Å². The Kier molecular flexibility index (Phi) is 3.93. The predicted octanol–water partition coefficient (Wildman–Crippen LogP) is 3.72. The summed E-state index contributed by atoms with van der Waals surface area (Å²) < 4.78 is 5.24. The van der Waals surface area contributed by atoms with Gasteiger partial charge in [-0.25, -0.2) is 0 Å². The van der Waals surface area contributed by atoms with E-state index in [1.807, 2.05) is 24.3 Å². The van der Waals surface area contributed by atoms with Crippen LogP contribution in [0.2, 0.25) is 5.02 Å². The van der Waals surface area contributed by atoms with Crippen LogP contribution in [-0.4, -0.2) is 5.11 Å². The molecule has 0 aliphatic carbocycles. The van der Waals surface area contributed by atoms with Crippen molar-refractivity contribution in [1.29, 1.82) is 0 Å². The molecule has 4 heteroatoms. The maximum atomic E-state index is 8.95. The smallest absolute Gasteiger partial charge is 0.113 e. The standard InChI is InChI=1S/C12H11ClO2S/c13-11-6-9(7-14)3-4-12(11)16-8-10-2-1-5-15-10/h1-6,14H,7-8H2. The number of hydrogen-bond acceptors (Lipinski definition) is 3. The fourth-order valence-corrected chi connectivity index (χ4v) is 2.49. The number of hydrogen-bond donors (Lipinski definition) is 1. The molecule has 16 heavy (non-hydrogen) atoms. The average Bonchev–Trinajstić information content (AvgIpc) is 2.80. The molecule has 0 saturated carbocycles. The van der Waals surface area contributed by atoms with Gasteiger partial charge < -0.3 is 9.52 Å². The molecule has 0 radical (unpaired) electrons. The number of rotatable bonds is 4. The second kappa shape index (κ2) is 5.43. The van der Waals surface area contributed by atoms with E-state index in [1.165, 1.54) is 0 Å². The lowest BCUT2D eigenvalue weighted by molar-refractivity contribution is 0.282. The normalized spacial score (nSPS) is 10.6. The minimum absolute atomic E-state index is 0.0167. The molecule has 1 aromatic heterocycles. The molecule has 0 bridgehead atoms. The Morgan fingerprint density at radius 3 is 2.81 bits per heavy atom. The van der Waals surface area contributed by atoms with Gasteiger partial charge in [0.15, 0.2) is 0 Å². The molecular weight excluding hydrogens is 244 g/mol. The van der Waals surface area contributed by atoms with Gasteiger partial charge in [0.1, 0.15) is 5.76 Å². The van der Waals surface area contributed by atoms with Crippen molar-refractivity contribution >= 4 is 23.4 Å². The van der Waals surface area contributed by atoms with Crippen LogP contribution in [0.5, 0.6) is 0 Å². The summed E-state index contributed by atoms with van der Waals surface area (Å²) in [5.74, 6) is 1.68. The van der Waals surface area contributed by atoms with Crippen LogP contribution in [0.4, 0.5) is 0 Å². The lowest BCUT2D eigenvalue weighted by Gasteiger charge is -2.04. The van der Waals surface area contributed by atoms with E-state index in [0.29, 0.717) is 5.02 Å². The highest BCUT2D eigenvalue weighted by molar-refractivity contribution is 7.98. The van der Waals surface area contributed by atoms with Crippen LogP contribution in [0.3, 0.4) is 0 Å². The first-order valence-electron chi connectivity index (χ1n) is 4.84. The minimum Gasteiger partial charge on any atom is -0.468 e. The minimum atomic E-state index is 0.0167. The fourth-order valence-electron chi connectivity index (χ4n) is 1.30.